The maximum Gasteiger partial charge on any atom is 0.222 e. The molecule has 1 amide bonds. The summed E-state index contributed by atoms with van der Waals surface area (Å²) in [5, 5.41) is 3.88. The fraction of sp³-hybridized carbons (Fsp3) is 0.692. The maximum atomic E-state index is 11.7. The Morgan fingerprint density at radius 2 is 2.11 bits per heavy atom. The average molecular weight is 251 g/mol. The van der Waals surface area contributed by atoms with E-state index in [1.54, 1.807) is 0 Å². The van der Waals surface area contributed by atoms with Crippen LogP contribution in [0.5, 0.6) is 0 Å². The van der Waals surface area contributed by atoms with Crippen LogP contribution in [0.2, 0.25) is 0 Å². The second kappa shape index (κ2) is 6.00. The summed E-state index contributed by atoms with van der Waals surface area (Å²) in [4.78, 5) is 16.0. The van der Waals surface area contributed by atoms with Gasteiger partial charge in [-0.1, -0.05) is 12.1 Å². The van der Waals surface area contributed by atoms with Crippen LogP contribution in [-0.4, -0.2) is 47.0 Å². The predicted octanol–water partition coefficient (Wildman–Crippen LogP) is 1.43. The first-order valence-corrected chi connectivity index (χ1v) is 6.61. The lowest BCUT2D eigenvalue weighted by Gasteiger charge is -2.34. The molecule has 0 N–H and O–H groups in total. The first-order valence-electron chi connectivity index (χ1n) is 6.61. The van der Waals surface area contributed by atoms with Gasteiger partial charge in [0.05, 0.1) is 12.2 Å². The second-order valence-electron chi connectivity index (χ2n) is 4.84. The van der Waals surface area contributed by atoms with Gasteiger partial charge in [0.15, 0.2) is 5.76 Å². The van der Waals surface area contributed by atoms with Gasteiger partial charge in [-0.15, -0.1) is 0 Å². The summed E-state index contributed by atoms with van der Waals surface area (Å²) < 4.78 is 5.21. The highest BCUT2D eigenvalue weighted by molar-refractivity contribution is 5.76. The summed E-state index contributed by atoms with van der Waals surface area (Å²) in [6, 6.07) is 1.97. The lowest BCUT2D eigenvalue weighted by molar-refractivity contribution is -0.133. The molecule has 2 heterocycles. The van der Waals surface area contributed by atoms with E-state index in [1.807, 2.05) is 24.8 Å². The highest BCUT2D eigenvalue weighted by Gasteiger charge is 2.21. The zero-order chi connectivity index (χ0) is 13.0. The molecule has 1 aromatic rings. The standard InChI is InChI=1S/C13H21N3O2/c1-3-4-13(17)16-7-5-15(6-8-16)10-12-9-11(2)14-18-12/h9H,3-8,10H2,1-2H3. The van der Waals surface area contributed by atoms with Crippen molar-refractivity contribution in [2.45, 2.75) is 33.2 Å². The van der Waals surface area contributed by atoms with Gasteiger partial charge in [-0.25, -0.2) is 0 Å². The molecule has 1 aliphatic heterocycles. The van der Waals surface area contributed by atoms with Crippen molar-refractivity contribution in [3.8, 4) is 0 Å². The fourth-order valence-electron chi connectivity index (χ4n) is 2.24. The van der Waals surface area contributed by atoms with E-state index >= 15 is 0 Å². The molecule has 5 heteroatoms. The molecule has 0 aliphatic carbocycles. The quantitative estimate of drug-likeness (QED) is 0.812. The molecule has 0 bridgehead atoms. The van der Waals surface area contributed by atoms with Gasteiger partial charge in [0.1, 0.15) is 0 Å². The van der Waals surface area contributed by atoms with Crippen LogP contribution in [0, 0.1) is 6.92 Å². The van der Waals surface area contributed by atoms with E-state index < -0.39 is 0 Å². The number of amides is 1. The Hall–Kier alpha value is -1.36. The van der Waals surface area contributed by atoms with E-state index in [4.69, 9.17) is 4.52 Å². The van der Waals surface area contributed by atoms with Crippen LogP contribution in [0.25, 0.3) is 0 Å². The molecule has 0 unspecified atom stereocenters. The number of hydrogen-bond acceptors (Lipinski definition) is 4. The van der Waals surface area contributed by atoms with Crippen LogP contribution in [0.4, 0.5) is 0 Å². The summed E-state index contributed by atoms with van der Waals surface area (Å²) in [7, 11) is 0. The Morgan fingerprint density at radius 1 is 1.39 bits per heavy atom. The zero-order valence-electron chi connectivity index (χ0n) is 11.2. The number of carbonyl (C=O) groups excluding carboxylic acids is 1. The van der Waals surface area contributed by atoms with Crippen molar-refractivity contribution in [2.75, 3.05) is 26.2 Å². The molecule has 0 atom stereocenters. The number of hydrogen-bond donors (Lipinski definition) is 0. The van der Waals surface area contributed by atoms with Crippen molar-refractivity contribution < 1.29 is 9.32 Å². The van der Waals surface area contributed by atoms with Crippen LogP contribution in [0.3, 0.4) is 0 Å². The number of piperazine rings is 1. The fourth-order valence-corrected chi connectivity index (χ4v) is 2.24. The van der Waals surface area contributed by atoms with Crippen molar-refractivity contribution >= 4 is 5.91 Å². The maximum absolute atomic E-state index is 11.7. The molecular weight excluding hydrogens is 230 g/mol. The molecule has 1 fully saturated rings. The van der Waals surface area contributed by atoms with Crippen molar-refractivity contribution in [1.29, 1.82) is 0 Å². The Bertz CT molecular complexity index is 395. The van der Waals surface area contributed by atoms with Gasteiger partial charge in [0, 0.05) is 38.7 Å². The normalized spacial score (nSPS) is 17.1. The van der Waals surface area contributed by atoms with Gasteiger partial charge in [-0.3, -0.25) is 9.69 Å². The molecule has 0 radical (unpaired) electrons. The van der Waals surface area contributed by atoms with Crippen molar-refractivity contribution in [3.05, 3.63) is 17.5 Å². The molecule has 1 aromatic heterocycles. The molecule has 0 aromatic carbocycles. The Balaban J connectivity index is 1.78. The van der Waals surface area contributed by atoms with E-state index in [9.17, 15) is 4.79 Å². The van der Waals surface area contributed by atoms with Crippen LogP contribution >= 0.6 is 0 Å². The number of rotatable bonds is 4. The molecular formula is C13H21N3O2. The minimum Gasteiger partial charge on any atom is -0.360 e. The minimum atomic E-state index is 0.285. The largest absolute Gasteiger partial charge is 0.360 e. The smallest absolute Gasteiger partial charge is 0.222 e. The van der Waals surface area contributed by atoms with Crippen molar-refractivity contribution in [3.63, 3.8) is 0 Å². The number of carbonyl (C=O) groups is 1. The van der Waals surface area contributed by atoms with E-state index in [0.717, 1.165) is 50.6 Å². The molecule has 2 rings (SSSR count). The molecule has 0 spiro atoms. The Morgan fingerprint density at radius 3 is 2.67 bits per heavy atom. The lowest BCUT2D eigenvalue weighted by atomic mass is 10.2. The van der Waals surface area contributed by atoms with Gasteiger partial charge >= 0.3 is 0 Å². The van der Waals surface area contributed by atoms with Gasteiger partial charge in [0.2, 0.25) is 5.91 Å². The second-order valence-corrected chi connectivity index (χ2v) is 4.84. The molecule has 0 saturated carbocycles. The summed E-state index contributed by atoms with van der Waals surface area (Å²) in [5.41, 5.74) is 0.918. The molecule has 5 nitrogen and oxygen atoms in total. The van der Waals surface area contributed by atoms with Gasteiger partial charge in [-0.2, -0.15) is 0 Å². The Kier molecular flexibility index (Phi) is 4.36. The predicted molar refractivity (Wildman–Crippen MR) is 68.0 cm³/mol. The number of aromatic nitrogens is 1. The van der Waals surface area contributed by atoms with Crippen LogP contribution in [0.15, 0.2) is 10.6 Å². The third-order valence-corrected chi connectivity index (χ3v) is 3.25. The summed E-state index contributed by atoms with van der Waals surface area (Å²) in [5.74, 6) is 1.19. The average Bonchev–Trinajstić information content (AvgIpc) is 2.76. The van der Waals surface area contributed by atoms with Crippen LogP contribution < -0.4 is 0 Å². The molecule has 1 saturated heterocycles. The minimum absolute atomic E-state index is 0.285. The molecule has 100 valence electrons. The number of aryl methyl sites for hydroxylation is 1. The van der Waals surface area contributed by atoms with E-state index in [0.29, 0.717) is 6.42 Å². The summed E-state index contributed by atoms with van der Waals surface area (Å²) in [6.45, 7) is 8.23. The van der Waals surface area contributed by atoms with E-state index in [-0.39, 0.29) is 5.91 Å². The first kappa shape index (κ1) is 13.1. The highest BCUT2D eigenvalue weighted by atomic mass is 16.5. The molecule has 18 heavy (non-hydrogen) atoms. The SMILES string of the molecule is CCCC(=O)N1CCN(Cc2cc(C)no2)CC1. The first-order chi connectivity index (χ1) is 8.69. The van der Waals surface area contributed by atoms with Crippen LogP contribution in [0.1, 0.15) is 31.2 Å². The van der Waals surface area contributed by atoms with Gasteiger partial charge in [0.25, 0.3) is 0 Å². The van der Waals surface area contributed by atoms with Crippen molar-refractivity contribution in [1.82, 2.24) is 15.0 Å². The lowest BCUT2D eigenvalue weighted by Crippen LogP contribution is -2.48. The van der Waals surface area contributed by atoms with E-state index in [1.165, 1.54) is 0 Å². The van der Waals surface area contributed by atoms with Gasteiger partial charge in [-0.05, 0) is 13.3 Å². The highest BCUT2D eigenvalue weighted by Crippen LogP contribution is 2.10. The van der Waals surface area contributed by atoms with E-state index in [2.05, 4.69) is 10.1 Å². The van der Waals surface area contributed by atoms with Crippen molar-refractivity contribution in [2.24, 2.45) is 0 Å². The Labute approximate surface area is 108 Å². The summed E-state index contributed by atoms with van der Waals surface area (Å²) in [6.07, 6.45) is 1.59. The third kappa shape index (κ3) is 3.32. The zero-order valence-corrected chi connectivity index (χ0v) is 11.2. The molecule has 1 aliphatic rings. The van der Waals surface area contributed by atoms with Crippen LogP contribution in [-0.2, 0) is 11.3 Å². The van der Waals surface area contributed by atoms with Gasteiger partial charge < -0.3 is 9.42 Å². The summed E-state index contributed by atoms with van der Waals surface area (Å²) >= 11 is 0. The topological polar surface area (TPSA) is 49.6 Å². The number of nitrogens with zero attached hydrogens (tertiary/aromatic N) is 3. The monoisotopic (exact) mass is 251 g/mol. The third-order valence-electron chi connectivity index (χ3n) is 3.25.